The van der Waals surface area contributed by atoms with Gasteiger partial charge in [-0.05, 0) is 23.3 Å². The molecule has 0 unspecified atom stereocenters. The van der Waals surface area contributed by atoms with Crippen molar-refractivity contribution in [3.05, 3.63) is 53.3 Å². The summed E-state index contributed by atoms with van der Waals surface area (Å²) in [4.78, 5) is 4.04. The first-order chi connectivity index (χ1) is 7.33. The van der Waals surface area contributed by atoms with Gasteiger partial charge >= 0.3 is 0 Å². The lowest BCUT2D eigenvalue weighted by atomic mass is 10.0. The smallest absolute Gasteiger partial charge is 0.0495 e. The van der Waals surface area contributed by atoms with Gasteiger partial charge in [0.05, 0.1) is 0 Å². The molecule has 1 nitrogen and oxygen atoms in total. The predicted octanol–water partition coefficient (Wildman–Crippen LogP) is 4.14. The molecule has 76 valence electrons. The van der Waals surface area contributed by atoms with Crippen LogP contribution in [0.5, 0.6) is 0 Å². The van der Waals surface area contributed by atoms with Crippen LogP contribution >= 0.6 is 23.2 Å². The minimum atomic E-state index is 0.439. The van der Waals surface area contributed by atoms with E-state index in [0.29, 0.717) is 5.88 Å². The maximum atomic E-state index is 6.12. The van der Waals surface area contributed by atoms with Crippen LogP contribution in [0.25, 0.3) is 11.1 Å². The minimum absolute atomic E-state index is 0.439. The first-order valence-electron chi connectivity index (χ1n) is 4.56. The van der Waals surface area contributed by atoms with Crippen LogP contribution in [0.15, 0.2) is 42.7 Å². The molecule has 0 radical (unpaired) electrons. The van der Waals surface area contributed by atoms with E-state index in [2.05, 4.69) is 4.98 Å². The van der Waals surface area contributed by atoms with Gasteiger partial charge in [0.1, 0.15) is 0 Å². The van der Waals surface area contributed by atoms with E-state index in [4.69, 9.17) is 23.2 Å². The van der Waals surface area contributed by atoms with Gasteiger partial charge in [-0.3, -0.25) is 4.98 Å². The van der Waals surface area contributed by atoms with Crippen LogP contribution in [0.1, 0.15) is 5.56 Å². The molecule has 0 spiro atoms. The zero-order valence-electron chi connectivity index (χ0n) is 7.95. The molecule has 0 aliphatic heterocycles. The molecule has 1 aromatic heterocycles. The minimum Gasteiger partial charge on any atom is -0.264 e. The second kappa shape index (κ2) is 4.65. The lowest BCUT2D eigenvalue weighted by Crippen LogP contribution is -1.88. The van der Waals surface area contributed by atoms with Crippen LogP contribution in [0, 0.1) is 0 Å². The van der Waals surface area contributed by atoms with E-state index < -0.39 is 0 Å². The monoisotopic (exact) mass is 237 g/mol. The Balaban J connectivity index is 2.59. The average molecular weight is 238 g/mol. The maximum Gasteiger partial charge on any atom is 0.0495 e. The van der Waals surface area contributed by atoms with E-state index in [0.717, 1.165) is 21.7 Å². The van der Waals surface area contributed by atoms with Gasteiger partial charge in [-0.15, -0.1) is 11.6 Å². The van der Waals surface area contributed by atoms with Crippen LogP contribution in [0.2, 0.25) is 5.02 Å². The van der Waals surface area contributed by atoms with Crippen LogP contribution in [-0.2, 0) is 5.88 Å². The molecule has 2 rings (SSSR count). The molecular formula is C12H9Cl2N. The Labute approximate surface area is 98.7 Å². The molecule has 0 saturated carbocycles. The average Bonchev–Trinajstić information content (AvgIpc) is 2.30. The number of nitrogens with zero attached hydrogens (tertiary/aromatic N) is 1. The van der Waals surface area contributed by atoms with Crippen LogP contribution in [0.3, 0.4) is 0 Å². The summed E-state index contributed by atoms with van der Waals surface area (Å²) in [7, 11) is 0. The quantitative estimate of drug-likeness (QED) is 0.716. The zero-order chi connectivity index (χ0) is 10.7. The van der Waals surface area contributed by atoms with Gasteiger partial charge in [0.15, 0.2) is 0 Å². The van der Waals surface area contributed by atoms with Crippen molar-refractivity contribution in [1.82, 2.24) is 4.98 Å². The molecule has 0 saturated heterocycles. The summed E-state index contributed by atoms with van der Waals surface area (Å²) in [5.74, 6) is 0.439. The van der Waals surface area contributed by atoms with E-state index >= 15 is 0 Å². The number of halogens is 2. The van der Waals surface area contributed by atoms with Crippen LogP contribution in [-0.4, -0.2) is 4.98 Å². The number of rotatable bonds is 2. The van der Waals surface area contributed by atoms with Gasteiger partial charge in [0.25, 0.3) is 0 Å². The Kier molecular flexibility index (Phi) is 3.24. The Morgan fingerprint density at radius 2 is 1.87 bits per heavy atom. The molecule has 2 aromatic rings. The highest BCUT2D eigenvalue weighted by Gasteiger charge is 2.06. The summed E-state index contributed by atoms with van der Waals surface area (Å²) in [6.45, 7) is 0. The molecule has 0 aliphatic carbocycles. The molecule has 0 aliphatic rings. The van der Waals surface area contributed by atoms with Crippen molar-refractivity contribution in [2.24, 2.45) is 0 Å². The molecule has 1 heterocycles. The summed E-state index contributed by atoms with van der Waals surface area (Å²) in [6.07, 6.45) is 3.51. The standard InChI is InChI=1S/C12H9Cl2N/c13-7-9-8-15-6-5-10(9)11-3-1-2-4-12(11)14/h1-6,8H,7H2. The molecule has 3 heteroatoms. The van der Waals surface area contributed by atoms with Gasteiger partial charge < -0.3 is 0 Å². The van der Waals surface area contributed by atoms with Crippen molar-refractivity contribution in [3.8, 4) is 11.1 Å². The normalized spacial score (nSPS) is 10.3. The van der Waals surface area contributed by atoms with Crippen molar-refractivity contribution >= 4 is 23.2 Å². The molecule has 15 heavy (non-hydrogen) atoms. The first kappa shape index (κ1) is 10.5. The fourth-order valence-corrected chi connectivity index (χ4v) is 1.93. The Bertz CT molecular complexity index is 469. The van der Waals surface area contributed by atoms with Crippen LogP contribution in [0.4, 0.5) is 0 Å². The fraction of sp³-hybridized carbons (Fsp3) is 0.0833. The largest absolute Gasteiger partial charge is 0.264 e. The van der Waals surface area contributed by atoms with Gasteiger partial charge in [0, 0.05) is 28.9 Å². The highest BCUT2D eigenvalue weighted by molar-refractivity contribution is 6.33. The van der Waals surface area contributed by atoms with Gasteiger partial charge in [-0.2, -0.15) is 0 Å². The lowest BCUT2D eigenvalue weighted by molar-refractivity contribution is 1.25. The highest BCUT2D eigenvalue weighted by Crippen LogP contribution is 2.30. The van der Waals surface area contributed by atoms with Crippen LogP contribution < -0.4 is 0 Å². The molecular weight excluding hydrogens is 229 g/mol. The van der Waals surface area contributed by atoms with Gasteiger partial charge in [-0.1, -0.05) is 29.8 Å². The number of aromatic nitrogens is 1. The summed E-state index contributed by atoms with van der Waals surface area (Å²) >= 11 is 12.0. The van der Waals surface area contributed by atoms with E-state index in [-0.39, 0.29) is 0 Å². The third-order valence-corrected chi connectivity index (χ3v) is 2.83. The summed E-state index contributed by atoms with van der Waals surface area (Å²) in [5, 5.41) is 0.732. The van der Waals surface area contributed by atoms with Gasteiger partial charge in [0.2, 0.25) is 0 Å². The van der Waals surface area contributed by atoms with Crippen molar-refractivity contribution in [2.45, 2.75) is 5.88 Å². The lowest BCUT2D eigenvalue weighted by Gasteiger charge is -2.07. The fourth-order valence-electron chi connectivity index (χ4n) is 1.48. The summed E-state index contributed by atoms with van der Waals surface area (Å²) in [6, 6.07) is 9.65. The van der Waals surface area contributed by atoms with E-state index in [1.165, 1.54) is 0 Å². The molecule has 0 fully saturated rings. The Hall–Kier alpha value is -1.05. The highest BCUT2D eigenvalue weighted by atomic mass is 35.5. The molecule has 0 atom stereocenters. The molecule has 0 bridgehead atoms. The van der Waals surface area contributed by atoms with Crippen molar-refractivity contribution < 1.29 is 0 Å². The number of hydrogen-bond donors (Lipinski definition) is 0. The molecule has 0 amide bonds. The molecule has 0 N–H and O–H groups in total. The topological polar surface area (TPSA) is 12.9 Å². The first-order valence-corrected chi connectivity index (χ1v) is 5.48. The van der Waals surface area contributed by atoms with Crippen molar-refractivity contribution in [2.75, 3.05) is 0 Å². The third kappa shape index (κ3) is 2.14. The predicted molar refractivity (Wildman–Crippen MR) is 64.2 cm³/mol. The van der Waals surface area contributed by atoms with Crippen molar-refractivity contribution in [1.29, 1.82) is 0 Å². The van der Waals surface area contributed by atoms with Gasteiger partial charge in [-0.25, -0.2) is 0 Å². The van der Waals surface area contributed by atoms with E-state index in [1.807, 2.05) is 30.3 Å². The second-order valence-corrected chi connectivity index (χ2v) is 3.82. The van der Waals surface area contributed by atoms with Crippen molar-refractivity contribution in [3.63, 3.8) is 0 Å². The zero-order valence-corrected chi connectivity index (χ0v) is 9.46. The number of hydrogen-bond acceptors (Lipinski definition) is 1. The van der Waals surface area contributed by atoms with E-state index in [9.17, 15) is 0 Å². The summed E-state index contributed by atoms with van der Waals surface area (Å²) < 4.78 is 0. The maximum absolute atomic E-state index is 6.12. The Morgan fingerprint density at radius 1 is 1.07 bits per heavy atom. The SMILES string of the molecule is ClCc1cnccc1-c1ccccc1Cl. The number of benzene rings is 1. The van der Waals surface area contributed by atoms with E-state index in [1.54, 1.807) is 12.4 Å². The third-order valence-electron chi connectivity index (χ3n) is 2.21. The molecule has 1 aromatic carbocycles. The Morgan fingerprint density at radius 3 is 2.60 bits per heavy atom. The summed E-state index contributed by atoms with van der Waals surface area (Å²) in [5.41, 5.74) is 3.04. The number of pyridine rings is 1. The second-order valence-electron chi connectivity index (χ2n) is 3.15. The number of alkyl halides is 1.